The van der Waals surface area contributed by atoms with E-state index in [4.69, 9.17) is 14.3 Å². The molecule has 18 heavy (non-hydrogen) atoms. The molecule has 1 N–H and O–H groups in total. The predicted molar refractivity (Wildman–Crippen MR) is 65.2 cm³/mol. The Kier molecular flexibility index (Phi) is 4.38. The Morgan fingerprint density at radius 3 is 2.94 bits per heavy atom. The van der Waals surface area contributed by atoms with Crippen LogP contribution in [0.4, 0.5) is 0 Å². The van der Waals surface area contributed by atoms with Crippen molar-refractivity contribution in [2.24, 2.45) is 0 Å². The van der Waals surface area contributed by atoms with Crippen LogP contribution in [0.3, 0.4) is 0 Å². The molecular formula is C13H19NO4. The fourth-order valence-corrected chi connectivity index (χ4v) is 2.24. The maximum absolute atomic E-state index is 10.8. The second kappa shape index (κ2) is 6.02. The van der Waals surface area contributed by atoms with Gasteiger partial charge in [0.25, 0.3) is 0 Å². The summed E-state index contributed by atoms with van der Waals surface area (Å²) in [6.07, 6.45) is 2.47. The summed E-state index contributed by atoms with van der Waals surface area (Å²) in [6, 6.07) is 3.81. The standard InChI is InChI=1S/C13H19NO4/c1-2-14(8-10-4-3-7-17-10)9-11-5-6-12(18-11)13(15)16/h3-4,7,11-12H,2,5-6,8-9H2,1H3,(H,15,16). The molecule has 5 heteroatoms. The van der Waals surface area contributed by atoms with Crippen molar-refractivity contribution in [1.29, 1.82) is 0 Å². The number of aliphatic carboxylic acids is 1. The number of carbonyl (C=O) groups is 1. The Morgan fingerprint density at radius 1 is 1.56 bits per heavy atom. The van der Waals surface area contributed by atoms with Gasteiger partial charge < -0.3 is 14.3 Å². The lowest BCUT2D eigenvalue weighted by atomic mass is 10.2. The van der Waals surface area contributed by atoms with Crippen molar-refractivity contribution in [3.8, 4) is 0 Å². The lowest BCUT2D eigenvalue weighted by Gasteiger charge is -2.22. The van der Waals surface area contributed by atoms with E-state index < -0.39 is 12.1 Å². The number of furan rings is 1. The summed E-state index contributed by atoms with van der Waals surface area (Å²) < 4.78 is 10.8. The lowest BCUT2D eigenvalue weighted by molar-refractivity contribution is -0.149. The van der Waals surface area contributed by atoms with Crippen LogP contribution in [0.5, 0.6) is 0 Å². The van der Waals surface area contributed by atoms with Gasteiger partial charge in [-0.3, -0.25) is 4.90 Å². The number of hydrogen-bond acceptors (Lipinski definition) is 4. The van der Waals surface area contributed by atoms with Crippen molar-refractivity contribution >= 4 is 5.97 Å². The third-order valence-corrected chi connectivity index (χ3v) is 3.25. The minimum Gasteiger partial charge on any atom is -0.479 e. The van der Waals surface area contributed by atoms with Gasteiger partial charge in [0.1, 0.15) is 5.76 Å². The van der Waals surface area contributed by atoms with Gasteiger partial charge in [0.05, 0.1) is 18.9 Å². The molecule has 2 unspecified atom stereocenters. The summed E-state index contributed by atoms with van der Waals surface area (Å²) in [7, 11) is 0. The first-order valence-corrected chi connectivity index (χ1v) is 6.32. The number of likely N-dealkylation sites (N-methyl/N-ethyl adjacent to an activating group) is 1. The minimum atomic E-state index is -0.855. The fourth-order valence-electron chi connectivity index (χ4n) is 2.24. The smallest absolute Gasteiger partial charge is 0.332 e. The molecule has 0 amide bonds. The predicted octanol–water partition coefficient (Wildman–Crippen LogP) is 1.73. The van der Waals surface area contributed by atoms with Crippen LogP contribution in [-0.4, -0.2) is 41.3 Å². The molecule has 1 aromatic heterocycles. The molecule has 0 bridgehead atoms. The molecule has 1 fully saturated rings. The monoisotopic (exact) mass is 253 g/mol. The van der Waals surface area contributed by atoms with Crippen LogP contribution in [0.25, 0.3) is 0 Å². The normalized spacial score (nSPS) is 23.7. The quantitative estimate of drug-likeness (QED) is 0.836. The average molecular weight is 253 g/mol. The number of nitrogens with zero attached hydrogens (tertiary/aromatic N) is 1. The van der Waals surface area contributed by atoms with Gasteiger partial charge in [-0.25, -0.2) is 4.79 Å². The molecule has 0 radical (unpaired) electrons. The molecule has 1 aliphatic heterocycles. The molecule has 0 saturated carbocycles. The van der Waals surface area contributed by atoms with E-state index in [1.54, 1.807) is 6.26 Å². The highest BCUT2D eigenvalue weighted by Gasteiger charge is 2.31. The SMILES string of the molecule is CCN(Cc1ccco1)CC1CCC(C(=O)O)O1. The third-order valence-electron chi connectivity index (χ3n) is 3.25. The number of hydrogen-bond donors (Lipinski definition) is 1. The van der Waals surface area contributed by atoms with Crippen molar-refractivity contribution in [2.75, 3.05) is 13.1 Å². The van der Waals surface area contributed by atoms with Gasteiger partial charge in [-0.1, -0.05) is 6.92 Å². The summed E-state index contributed by atoms with van der Waals surface area (Å²) in [5, 5.41) is 8.88. The molecule has 1 saturated heterocycles. The maximum Gasteiger partial charge on any atom is 0.332 e. The second-order valence-electron chi connectivity index (χ2n) is 4.57. The zero-order valence-electron chi connectivity index (χ0n) is 10.5. The first-order valence-electron chi connectivity index (χ1n) is 6.32. The largest absolute Gasteiger partial charge is 0.479 e. The van der Waals surface area contributed by atoms with Gasteiger partial charge in [0, 0.05) is 6.54 Å². The summed E-state index contributed by atoms with van der Waals surface area (Å²) in [6.45, 7) is 4.45. The van der Waals surface area contributed by atoms with Crippen LogP contribution in [0.2, 0.25) is 0 Å². The van der Waals surface area contributed by atoms with Gasteiger partial charge in [-0.15, -0.1) is 0 Å². The van der Waals surface area contributed by atoms with E-state index in [2.05, 4.69) is 11.8 Å². The van der Waals surface area contributed by atoms with Crippen LogP contribution in [-0.2, 0) is 16.1 Å². The van der Waals surface area contributed by atoms with Crippen molar-refractivity contribution in [1.82, 2.24) is 4.90 Å². The molecule has 2 heterocycles. The summed E-state index contributed by atoms with van der Waals surface area (Å²) in [5.74, 6) is 0.0659. The molecule has 5 nitrogen and oxygen atoms in total. The van der Waals surface area contributed by atoms with Crippen LogP contribution in [0.1, 0.15) is 25.5 Å². The first-order chi connectivity index (χ1) is 8.69. The van der Waals surface area contributed by atoms with Crippen LogP contribution < -0.4 is 0 Å². The summed E-state index contributed by atoms with van der Waals surface area (Å²) >= 11 is 0. The van der Waals surface area contributed by atoms with Gasteiger partial charge in [0.2, 0.25) is 0 Å². The molecule has 100 valence electrons. The minimum absolute atomic E-state index is 0.0148. The lowest BCUT2D eigenvalue weighted by Crippen LogP contribution is -2.32. The van der Waals surface area contributed by atoms with Gasteiger partial charge in [-0.05, 0) is 31.5 Å². The van der Waals surface area contributed by atoms with E-state index in [1.807, 2.05) is 12.1 Å². The Bertz CT molecular complexity index is 376. The van der Waals surface area contributed by atoms with Crippen LogP contribution in [0, 0.1) is 0 Å². The van der Waals surface area contributed by atoms with Gasteiger partial charge >= 0.3 is 5.97 Å². The zero-order chi connectivity index (χ0) is 13.0. The molecule has 1 aliphatic rings. The molecule has 0 aromatic carbocycles. The summed E-state index contributed by atoms with van der Waals surface area (Å²) in [4.78, 5) is 13.0. The molecule has 0 aliphatic carbocycles. The van der Waals surface area contributed by atoms with Crippen molar-refractivity contribution < 1.29 is 19.1 Å². The molecular weight excluding hydrogens is 234 g/mol. The fraction of sp³-hybridized carbons (Fsp3) is 0.615. The second-order valence-corrected chi connectivity index (χ2v) is 4.57. The highest BCUT2D eigenvalue weighted by atomic mass is 16.5. The van der Waals surface area contributed by atoms with Gasteiger partial charge in [-0.2, -0.15) is 0 Å². The van der Waals surface area contributed by atoms with E-state index in [0.29, 0.717) is 6.42 Å². The number of carboxylic acid groups (broad SMARTS) is 1. The zero-order valence-corrected chi connectivity index (χ0v) is 10.5. The van der Waals surface area contributed by atoms with E-state index in [1.165, 1.54) is 0 Å². The van der Waals surface area contributed by atoms with Crippen molar-refractivity contribution in [3.05, 3.63) is 24.2 Å². The number of carboxylic acids is 1. The Hall–Kier alpha value is -1.33. The Morgan fingerprint density at radius 2 is 2.39 bits per heavy atom. The topological polar surface area (TPSA) is 62.9 Å². The van der Waals surface area contributed by atoms with Crippen LogP contribution in [0.15, 0.2) is 22.8 Å². The number of rotatable bonds is 6. The van der Waals surface area contributed by atoms with E-state index >= 15 is 0 Å². The number of ether oxygens (including phenoxy) is 1. The highest BCUT2D eigenvalue weighted by Crippen LogP contribution is 2.21. The Labute approximate surface area is 106 Å². The molecule has 1 aromatic rings. The van der Waals surface area contributed by atoms with Crippen molar-refractivity contribution in [3.63, 3.8) is 0 Å². The van der Waals surface area contributed by atoms with E-state index in [9.17, 15) is 4.79 Å². The van der Waals surface area contributed by atoms with Gasteiger partial charge in [0.15, 0.2) is 6.10 Å². The summed E-state index contributed by atoms with van der Waals surface area (Å²) in [5.41, 5.74) is 0. The third kappa shape index (κ3) is 3.34. The first kappa shape index (κ1) is 13.1. The Balaban J connectivity index is 1.82. The molecule has 2 atom stereocenters. The maximum atomic E-state index is 10.8. The highest BCUT2D eigenvalue weighted by molar-refractivity contribution is 5.72. The van der Waals surface area contributed by atoms with E-state index in [0.717, 1.165) is 31.8 Å². The van der Waals surface area contributed by atoms with Crippen molar-refractivity contribution in [2.45, 2.75) is 38.5 Å². The molecule has 2 rings (SSSR count). The van der Waals surface area contributed by atoms with E-state index in [-0.39, 0.29) is 6.10 Å². The van der Waals surface area contributed by atoms with Crippen LogP contribution >= 0.6 is 0 Å². The average Bonchev–Trinajstić information content (AvgIpc) is 2.99. The molecule has 0 spiro atoms.